The fourth-order valence-electron chi connectivity index (χ4n) is 3.78. The molecular formula is C19H22ClN5O3S. The SMILES string of the molecule is NS(=O)(=O)c1ccc2c(c1)CCN2C(=O)CN1CCN(c2ccc(Cl)cn2)CC1. The topological polar surface area (TPSA) is 99.8 Å². The minimum Gasteiger partial charge on any atom is -0.354 e. The van der Waals surface area contributed by atoms with E-state index in [0.29, 0.717) is 24.5 Å². The van der Waals surface area contributed by atoms with Gasteiger partial charge in [-0.2, -0.15) is 0 Å². The van der Waals surface area contributed by atoms with Crippen molar-refractivity contribution in [1.82, 2.24) is 9.88 Å². The highest BCUT2D eigenvalue weighted by Crippen LogP contribution is 2.30. The van der Waals surface area contributed by atoms with E-state index in [9.17, 15) is 13.2 Å². The summed E-state index contributed by atoms with van der Waals surface area (Å²) in [4.78, 5) is 23.3. The zero-order valence-electron chi connectivity index (χ0n) is 15.8. The molecule has 8 nitrogen and oxygen atoms in total. The lowest BCUT2D eigenvalue weighted by molar-refractivity contribution is -0.119. The van der Waals surface area contributed by atoms with Crippen molar-refractivity contribution in [3.05, 3.63) is 47.1 Å². The summed E-state index contributed by atoms with van der Waals surface area (Å²) in [6.45, 7) is 3.99. The maximum atomic E-state index is 12.8. The molecule has 2 aliphatic heterocycles. The normalized spacial score (nSPS) is 17.4. The second kappa shape index (κ2) is 7.91. The molecule has 2 N–H and O–H groups in total. The number of hydrogen-bond acceptors (Lipinski definition) is 6. The minimum absolute atomic E-state index is 0.0187. The van der Waals surface area contributed by atoms with E-state index in [4.69, 9.17) is 16.7 Å². The molecule has 1 saturated heterocycles. The van der Waals surface area contributed by atoms with Gasteiger partial charge >= 0.3 is 0 Å². The maximum Gasteiger partial charge on any atom is 0.241 e. The van der Waals surface area contributed by atoms with Crippen molar-refractivity contribution in [1.29, 1.82) is 0 Å². The van der Waals surface area contributed by atoms with Gasteiger partial charge in [0.05, 0.1) is 16.5 Å². The first-order valence-electron chi connectivity index (χ1n) is 9.36. The Hall–Kier alpha value is -2.20. The van der Waals surface area contributed by atoms with E-state index in [1.165, 1.54) is 6.07 Å². The molecule has 0 spiro atoms. The van der Waals surface area contributed by atoms with Crippen LogP contribution >= 0.6 is 11.6 Å². The Labute approximate surface area is 174 Å². The molecule has 1 aromatic carbocycles. The van der Waals surface area contributed by atoms with Crippen LogP contribution in [0.15, 0.2) is 41.4 Å². The second-order valence-corrected chi connectivity index (χ2v) is 9.23. The summed E-state index contributed by atoms with van der Waals surface area (Å²) >= 11 is 5.89. The predicted octanol–water partition coefficient (Wildman–Crippen LogP) is 1.09. The van der Waals surface area contributed by atoms with Crippen molar-refractivity contribution in [2.45, 2.75) is 11.3 Å². The third-order valence-corrected chi connectivity index (χ3v) is 6.48. The number of aromatic nitrogens is 1. The average Bonchev–Trinajstić information content (AvgIpc) is 3.12. The number of carbonyl (C=O) groups is 1. The molecule has 1 aromatic heterocycles. The van der Waals surface area contributed by atoms with Gasteiger partial charge in [-0.1, -0.05) is 11.6 Å². The molecule has 0 saturated carbocycles. The lowest BCUT2D eigenvalue weighted by atomic mass is 10.2. The van der Waals surface area contributed by atoms with E-state index in [1.807, 2.05) is 12.1 Å². The van der Waals surface area contributed by atoms with E-state index < -0.39 is 10.0 Å². The Morgan fingerprint density at radius 3 is 2.52 bits per heavy atom. The summed E-state index contributed by atoms with van der Waals surface area (Å²) < 4.78 is 23.1. The molecule has 29 heavy (non-hydrogen) atoms. The third-order valence-electron chi connectivity index (χ3n) is 5.34. The predicted molar refractivity (Wildman–Crippen MR) is 112 cm³/mol. The molecule has 4 rings (SSSR count). The number of halogens is 1. The van der Waals surface area contributed by atoms with Crippen LogP contribution in [0, 0.1) is 0 Å². The van der Waals surface area contributed by atoms with E-state index in [-0.39, 0.29) is 10.8 Å². The molecule has 1 fully saturated rings. The van der Waals surface area contributed by atoms with E-state index in [1.54, 1.807) is 23.2 Å². The molecule has 0 radical (unpaired) electrons. The minimum atomic E-state index is -3.74. The molecule has 0 aliphatic carbocycles. The number of anilines is 2. The van der Waals surface area contributed by atoms with Gasteiger partial charge in [0.15, 0.2) is 0 Å². The van der Waals surface area contributed by atoms with Crippen LogP contribution in [-0.2, 0) is 21.2 Å². The van der Waals surface area contributed by atoms with Crippen LogP contribution in [0.25, 0.3) is 0 Å². The molecule has 3 heterocycles. The monoisotopic (exact) mass is 435 g/mol. The second-order valence-electron chi connectivity index (χ2n) is 7.23. The van der Waals surface area contributed by atoms with Crippen molar-refractivity contribution in [3.8, 4) is 0 Å². The van der Waals surface area contributed by atoms with Gasteiger partial charge in [0.2, 0.25) is 15.9 Å². The first-order chi connectivity index (χ1) is 13.8. The molecule has 0 unspecified atom stereocenters. The molecule has 154 valence electrons. The number of nitrogens with zero attached hydrogens (tertiary/aromatic N) is 4. The lowest BCUT2D eigenvalue weighted by Gasteiger charge is -2.35. The number of carbonyl (C=O) groups excluding carboxylic acids is 1. The first-order valence-corrected chi connectivity index (χ1v) is 11.3. The van der Waals surface area contributed by atoms with Crippen molar-refractivity contribution >= 4 is 39.0 Å². The van der Waals surface area contributed by atoms with Crippen molar-refractivity contribution < 1.29 is 13.2 Å². The quantitative estimate of drug-likeness (QED) is 0.771. The van der Waals surface area contributed by atoms with Crippen LogP contribution in [-0.4, -0.2) is 63.5 Å². The average molecular weight is 436 g/mol. The maximum absolute atomic E-state index is 12.8. The summed E-state index contributed by atoms with van der Waals surface area (Å²) in [5, 5.41) is 5.81. The van der Waals surface area contributed by atoms with E-state index in [0.717, 1.165) is 43.2 Å². The largest absolute Gasteiger partial charge is 0.354 e. The number of nitrogens with two attached hydrogens (primary N) is 1. The molecule has 0 atom stereocenters. The van der Waals surface area contributed by atoms with Crippen LogP contribution in [0.3, 0.4) is 0 Å². The smallest absolute Gasteiger partial charge is 0.241 e. The molecule has 2 aliphatic rings. The van der Waals surface area contributed by atoms with Crippen LogP contribution < -0.4 is 14.9 Å². The summed E-state index contributed by atoms with van der Waals surface area (Å²) in [5.41, 5.74) is 1.61. The Bertz CT molecular complexity index is 1020. The number of amides is 1. The standard InChI is InChI=1S/C19H22ClN5O3S/c20-15-1-4-18(22-12-15)24-9-7-23(8-10-24)13-19(26)25-6-5-14-11-16(29(21,27)28)2-3-17(14)25/h1-4,11-12H,5-10,13H2,(H2,21,27,28). The fourth-order valence-corrected chi connectivity index (χ4v) is 4.46. The van der Waals surface area contributed by atoms with E-state index in [2.05, 4.69) is 14.8 Å². The fraction of sp³-hybridized carbons (Fsp3) is 0.368. The van der Waals surface area contributed by atoms with Crippen LogP contribution in [0.1, 0.15) is 5.56 Å². The summed E-state index contributed by atoms with van der Waals surface area (Å²) in [7, 11) is -3.74. The van der Waals surface area contributed by atoms with Gasteiger partial charge in [-0.3, -0.25) is 9.69 Å². The Balaban J connectivity index is 1.36. The zero-order chi connectivity index (χ0) is 20.6. The molecule has 1 amide bonds. The number of fused-ring (bicyclic) bond motifs is 1. The molecular weight excluding hydrogens is 414 g/mol. The Kier molecular flexibility index (Phi) is 5.48. The van der Waals surface area contributed by atoms with Gasteiger partial charge in [-0.05, 0) is 42.3 Å². The number of primary sulfonamides is 1. The highest BCUT2D eigenvalue weighted by atomic mass is 35.5. The zero-order valence-corrected chi connectivity index (χ0v) is 17.4. The summed E-state index contributed by atoms with van der Waals surface area (Å²) in [6, 6.07) is 8.42. The lowest BCUT2D eigenvalue weighted by Crippen LogP contribution is -2.50. The van der Waals surface area contributed by atoms with Gasteiger partial charge in [-0.15, -0.1) is 0 Å². The van der Waals surface area contributed by atoms with Gasteiger partial charge in [0, 0.05) is 44.6 Å². The number of sulfonamides is 1. The highest BCUT2D eigenvalue weighted by molar-refractivity contribution is 7.89. The van der Waals surface area contributed by atoms with Crippen molar-refractivity contribution in [2.24, 2.45) is 5.14 Å². The van der Waals surface area contributed by atoms with Crippen LogP contribution in [0.2, 0.25) is 5.02 Å². The number of hydrogen-bond donors (Lipinski definition) is 1. The van der Waals surface area contributed by atoms with Crippen molar-refractivity contribution in [3.63, 3.8) is 0 Å². The highest BCUT2D eigenvalue weighted by Gasteiger charge is 2.28. The molecule has 10 heteroatoms. The molecule has 2 aromatic rings. The van der Waals surface area contributed by atoms with Crippen LogP contribution in [0.4, 0.5) is 11.5 Å². The van der Waals surface area contributed by atoms with Gasteiger partial charge in [0.25, 0.3) is 0 Å². The Morgan fingerprint density at radius 1 is 1.10 bits per heavy atom. The third kappa shape index (κ3) is 4.37. The van der Waals surface area contributed by atoms with E-state index >= 15 is 0 Å². The molecule has 0 bridgehead atoms. The number of benzene rings is 1. The number of piperazine rings is 1. The van der Waals surface area contributed by atoms with Gasteiger partial charge in [0.1, 0.15) is 5.82 Å². The van der Waals surface area contributed by atoms with Crippen LogP contribution in [0.5, 0.6) is 0 Å². The van der Waals surface area contributed by atoms with Crippen molar-refractivity contribution in [2.75, 3.05) is 49.1 Å². The van der Waals surface area contributed by atoms with Gasteiger partial charge < -0.3 is 9.80 Å². The summed E-state index contributed by atoms with van der Waals surface area (Å²) in [6.07, 6.45) is 2.26. The number of pyridine rings is 1. The number of rotatable bonds is 4. The Morgan fingerprint density at radius 2 is 1.86 bits per heavy atom. The summed E-state index contributed by atoms with van der Waals surface area (Å²) in [5.74, 6) is 0.907. The van der Waals surface area contributed by atoms with Gasteiger partial charge in [-0.25, -0.2) is 18.5 Å². The first kappa shape index (κ1) is 20.1.